The standard InChI is InChI=1S/C7H11F3N2O/c1-4-5(3-12(4)2)11-6(13)7(8,9)10/h4-5H,3H2,1-2H3,(H,11,13). The molecule has 0 aromatic heterocycles. The van der Waals surface area contributed by atoms with Crippen LogP contribution in [0.15, 0.2) is 0 Å². The molecule has 0 radical (unpaired) electrons. The maximum Gasteiger partial charge on any atom is 0.471 e. The zero-order valence-electron chi connectivity index (χ0n) is 7.35. The Morgan fingerprint density at radius 3 is 2.38 bits per heavy atom. The summed E-state index contributed by atoms with van der Waals surface area (Å²) in [6.07, 6.45) is -4.77. The molecule has 1 fully saturated rings. The molecule has 1 aliphatic heterocycles. The van der Waals surface area contributed by atoms with Crippen LogP contribution in [0.4, 0.5) is 13.2 Å². The number of hydrogen-bond acceptors (Lipinski definition) is 2. The van der Waals surface area contributed by atoms with Crippen molar-refractivity contribution in [3.8, 4) is 0 Å². The summed E-state index contributed by atoms with van der Waals surface area (Å²) in [4.78, 5) is 12.3. The van der Waals surface area contributed by atoms with Gasteiger partial charge in [-0.2, -0.15) is 13.2 Å². The molecule has 76 valence electrons. The van der Waals surface area contributed by atoms with E-state index in [1.54, 1.807) is 14.0 Å². The monoisotopic (exact) mass is 196 g/mol. The molecule has 13 heavy (non-hydrogen) atoms. The largest absolute Gasteiger partial charge is 0.471 e. The Balaban J connectivity index is 2.39. The maximum absolute atomic E-state index is 11.8. The molecule has 1 saturated heterocycles. The molecule has 0 bridgehead atoms. The van der Waals surface area contributed by atoms with Gasteiger partial charge in [0.25, 0.3) is 0 Å². The number of halogens is 3. The van der Waals surface area contributed by atoms with Crippen molar-refractivity contribution in [1.29, 1.82) is 0 Å². The number of carbonyl (C=O) groups excluding carboxylic acids is 1. The van der Waals surface area contributed by atoms with Crippen LogP contribution < -0.4 is 5.32 Å². The topological polar surface area (TPSA) is 32.3 Å². The number of likely N-dealkylation sites (tertiary alicyclic amines) is 1. The summed E-state index contributed by atoms with van der Waals surface area (Å²) in [6.45, 7) is 2.24. The third kappa shape index (κ3) is 2.12. The molecule has 0 aromatic carbocycles. The molecule has 1 rings (SSSR count). The summed E-state index contributed by atoms with van der Waals surface area (Å²) in [5, 5.41) is 1.93. The second kappa shape index (κ2) is 3.17. The van der Waals surface area contributed by atoms with Gasteiger partial charge in [-0.3, -0.25) is 9.69 Å². The first-order valence-corrected chi connectivity index (χ1v) is 3.90. The van der Waals surface area contributed by atoms with Crippen LogP contribution in [0.1, 0.15) is 6.92 Å². The van der Waals surface area contributed by atoms with E-state index in [0.717, 1.165) is 0 Å². The average molecular weight is 196 g/mol. The van der Waals surface area contributed by atoms with Gasteiger partial charge in [-0.15, -0.1) is 0 Å². The van der Waals surface area contributed by atoms with E-state index < -0.39 is 12.1 Å². The highest BCUT2D eigenvalue weighted by Crippen LogP contribution is 2.19. The van der Waals surface area contributed by atoms with Crippen LogP contribution in [0.5, 0.6) is 0 Å². The second-order valence-corrected chi connectivity index (χ2v) is 3.26. The lowest BCUT2D eigenvalue weighted by molar-refractivity contribution is -0.176. The van der Waals surface area contributed by atoms with Gasteiger partial charge in [0.1, 0.15) is 0 Å². The first kappa shape index (κ1) is 10.3. The van der Waals surface area contributed by atoms with E-state index in [4.69, 9.17) is 0 Å². The summed E-state index contributed by atoms with van der Waals surface area (Å²) in [5.74, 6) is -1.85. The summed E-state index contributed by atoms with van der Waals surface area (Å²) in [5.41, 5.74) is 0. The molecular formula is C7H11F3N2O. The fourth-order valence-electron chi connectivity index (χ4n) is 1.21. The average Bonchev–Trinajstić information content (AvgIpc) is 2.01. The lowest BCUT2D eigenvalue weighted by atomic mass is 9.99. The molecule has 1 heterocycles. The van der Waals surface area contributed by atoms with Gasteiger partial charge in [0.15, 0.2) is 0 Å². The van der Waals surface area contributed by atoms with Crippen LogP contribution in [0.3, 0.4) is 0 Å². The molecule has 0 spiro atoms. The van der Waals surface area contributed by atoms with E-state index in [-0.39, 0.29) is 12.1 Å². The minimum absolute atomic E-state index is 0.0219. The quantitative estimate of drug-likeness (QED) is 0.657. The first-order chi connectivity index (χ1) is 5.82. The molecule has 6 heteroatoms. The second-order valence-electron chi connectivity index (χ2n) is 3.26. The Bertz CT molecular complexity index is 216. The van der Waals surface area contributed by atoms with Gasteiger partial charge in [-0.1, -0.05) is 0 Å². The number of carbonyl (C=O) groups is 1. The molecule has 2 atom stereocenters. The van der Waals surface area contributed by atoms with Crippen LogP contribution >= 0.6 is 0 Å². The molecule has 0 aromatic rings. The van der Waals surface area contributed by atoms with Gasteiger partial charge in [0, 0.05) is 12.6 Å². The maximum atomic E-state index is 11.8. The number of alkyl halides is 3. The molecule has 0 saturated carbocycles. The van der Waals surface area contributed by atoms with Crippen molar-refractivity contribution in [1.82, 2.24) is 10.2 Å². The lowest BCUT2D eigenvalue weighted by Gasteiger charge is -2.44. The summed E-state index contributed by atoms with van der Waals surface area (Å²) < 4.78 is 35.3. The van der Waals surface area contributed by atoms with E-state index in [1.165, 1.54) is 0 Å². The molecule has 3 nitrogen and oxygen atoms in total. The summed E-state index contributed by atoms with van der Waals surface area (Å²) >= 11 is 0. The Morgan fingerprint density at radius 2 is 2.08 bits per heavy atom. The van der Waals surface area contributed by atoms with Crippen molar-refractivity contribution in [2.24, 2.45) is 0 Å². The van der Waals surface area contributed by atoms with E-state index in [1.807, 2.05) is 10.2 Å². The van der Waals surface area contributed by atoms with Gasteiger partial charge in [-0.05, 0) is 14.0 Å². The summed E-state index contributed by atoms with van der Waals surface area (Å²) in [6, 6.07) is -0.398. The number of nitrogens with one attached hydrogen (secondary N) is 1. The highest BCUT2D eigenvalue weighted by atomic mass is 19.4. The highest BCUT2D eigenvalue weighted by Gasteiger charge is 2.43. The van der Waals surface area contributed by atoms with Crippen molar-refractivity contribution >= 4 is 5.91 Å². The normalized spacial score (nSPS) is 29.6. The van der Waals surface area contributed by atoms with Gasteiger partial charge in [0.05, 0.1) is 6.04 Å². The van der Waals surface area contributed by atoms with Gasteiger partial charge < -0.3 is 5.32 Å². The smallest absolute Gasteiger partial charge is 0.343 e. The van der Waals surface area contributed by atoms with Gasteiger partial charge in [0.2, 0.25) is 0 Å². The van der Waals surface area contributed by atoms with Crippen LogP contribution in [0, 0.1) is 0 Å². The lowest BCUT2D eigenvalue weighted by Crippen LogP contribution is -2.65. The number of hydrogen-bond donors (Lipinski definition) is 1. The van der Waals surface area contributed by atoms with Crippen molar-refractivity contribution in [2.45, 2.75) is 25.2 Å². The molecule has 1 N–H and O–H groups in total. The predicted molar refractivity (Wildman–Crippen MR) is 40.1 cm³/mol. The molecule has 0 aliphatic carbocycles. The number of rotatable bonds is 1. The molecule has 1 aliphatic rings. The van der Waals surface area contributed by atoms with Gasteiger partial charge >= 0.3 is 12.1 Å². The Kier molecular flexibility index (Phi) is 2.51. The van der Waals surface area contributed by atoms with Crippen molar-refractivity contribution in [3.05, 3.63) is 0 Å². The SMILES string of the molecule is CC1C(NC(=O)C(F)(F)F)CN1C. The third-order valence-corrected chi connectivity index (χ3v) is 2.34. The number of likely N-dealkylation sites (N-methyl/N-ethyl adjacent to an activating group) is 1. The van der Waals surface area contributed by atoms with Gasteiger partial charge in [-0.25, -0.2) is 0 Å². The Morgan fingerprint density at radius 1 is 1.54 bits per heavy atom. The van der Waals surface area contributed by atoms with E-state index >= 15 is 0 Å². The third-order valence-electron chi connectivity index (χ3n) is 2.34. The van der Waals surface area contributed by atoms with Crippen molar-refractivity contribution in [3.63, 3.8) is 0 Å². The minimum Gasteiger partial charge on any atom is -0.343 e. The first-order valence-electron chi connectivity index (χ1n) is 3.90. The highest BCUT2D eigenvalue weighted by molar-refractivity contribution is 5.82. The zero-order chi connectivity index (χ0) is 10.2. The van der Waals surface area contributed by atoms with E-state index in [9.17, 15) is 18.0 Å². The van der Waals surface area contributed by atoms with E-state index in [0.29, 0.717) is 6.54 Å². The molecule has 2 unspecified atom stereocenters. The van der Waals surface area contributed by atoms with Crippen LogP contribution in [-0.4, -0.2) is 42.7 Å². The Labute approximate surface area is 73.9 Å². The van der Waals surface area contributed by atoms with Crippen LogP contribution in [-0.2, 0) is 4.79 Å². The number of amides is 1. The fraction of sp³-hybridized carbons (Fsp3) is 0.857. The fourth-order valence-corrected chi connectivity index (χ4v) is 1.21. The van der Waals surface area contributed by atoms with E-state index in [2.05, 4.69) is 0 Å². The summed E-state index contributed by atoms with van der Waals surface area (Å²) in [7, 11) is 1.79. The van der Waals surface area contributed by atoms with Crippen LogP contribution in [0.2, 0.25) is 0 Å². The predicted octanol–water partition coefficient (Wildman–Crippen LogP) is 0.367. The van der Waals surface area contributed by atoms with Crippen molar-refractivity contribution in [2.75, 3.05) is 13.6 Å². The molecular weight excluding hydrogens is 185 g/mol. The zero-order valence-corrected chi connectivity index (χ0v) is 7.35. The minimum atomic E-state index is -4.77. The van der Waals surface area contributed by atoms with Crippen LogP contribution in [0.25, 0.3) is 0 Å². The number of nitrogens with zero attached hydrogens (tertiary/aromatic N) is 1. The van der Waals surface area contributed by atoms with Crippen molar-refractivity contribution < 1.29 is 18.0 Å². The molecule has 1 amide bonds. The Hall–Kier alpha value is -0.780.